The zero-order chi connectivity index (χ0) is 17.5. The lowest BCUT2D eigenvalue weighted by Gasteiger charge is -2.26. The number of aryl methyl sites for hydroxylation is 1. The van der Waals surface area contributed by atoms with E-state index in [4.69, 9.17) is 14.2 Å². The number of ether oxygens (including phenoxy) is 3. The van der Waals surface area contributed by atoms with Crippen molar-refractivity contribution in [3.05, 3.63) is 71.8 Å². The Morgan fingerprint density at radius 2 is 1.80 bits per heavy atom. The summed E-state index contributed by atoms with van der Waals surface area (Å²) in [5.41, 5.74) is 1.78. The average molecular weight is 405 g/mol. The van der Waals surface area contributed by atoms with Crippen LogP contribution in [0.1, 0.15) is 22.3 Å². The van der Waals surface area contributed by atoms with Gasteiger partial charge in [-0.15, -0.1) is 0 Å². The second-order valence-electron chi connectivity index (χ2n) is 6.05. The van der Waals surface area contributed by atoms with Crippen LogP contribution >= 0.6 is 15.9 Å². The van der Waals surface area contributed by atoms with E-state index in [1.807, 2.05) is 36.4 Å². The van der Waals surface area contributed by atoms with Crippen molar-refractivity contribution in [2.75, 3.05) is 18.5 Å². The molecule has 4 nitrogen and oxygen atoms in total. The van der Waals surface area contributed by atoms with E-state index in [1.54, 1.807) is 12.1 Å². The number of esters is 1. The maximum absolute atomic E-state index is 12.0. The van der Waals surface area contributed by atoms with Crippen LogP contribution in [0.25, 0.3) is 0 Å². The minimum Gasteiger partial charge on any atom is -0.459 e. The number of carbonyl (C=O) groups excluding carboxylic acids is 1. The van der Waals surface area contributed by atoms with Gasteiger partial charge in [0, 0.05) is 6.42 Å². The van der Waals surface area contributed by atoms with Gasteiger partial charge in [-0.2, -0.15) is 0 Å². The topological polar surface area (TPSA) is 44.8 Å². The van der Waals surface area contributed by atoms with Crippen molar-refractivity contribution in [2.24, 2.45) is 0 Å². The lowest BCUT2D eigenvalue weighted by atomic mass is 10.1. The highest BCUT2D eigenvalue weighted by molar-refractivity contribution is 9.09. The van der Waals surface area contributed by atoms with Crippen molar-refractivity contribution in [3.63, 3.8) is 0 Å². The third-order valence-corrected chi connectivity index (χ3v) is 5.02. The molecule has 0 aliphatic carbocycles. The van der Waals surface area contributed by atoms with Crippen molar-refractivity contribution in [1.29, 1.82) is 0 Å². The number of hydrogen-bond donors (Lipinski definition) is 0. The highest BCUT2D eigenvalue weighted by Gasteiger charge is 2.40. The Labute approximate surface area is 156 Å². The molecule has 0 spiro atoms. The van der Waals surface area contributed by atoms with E-state index in [0.717, 1.165) is 12.8 Å². The SMILES string of the molecule is O=C(OCC1COC(CBr)(CCc2ccccc2)O1)c1ccccc1. The second kappa shape index (κ2) is 8.61. The molecule has 1 fully saturated rings. The van der Waals surface area contributed by atoms with E-state index in [-0.39, 0.29) is 18.7 Å². The van der Waals surface area contributed by atoms with E-state index in [9.17, 15) is 4.79 Å². The van der Waals surface area contributed by atoms with Gasteiger partial charge in [-0.3, -0.25) is 0 Å². The van der Waals surface area contributed by atoms with Crippen LogP contribution in [0.15, 0.2) is 60.7 Å². The molecule has 0 aromatic heterocycles. The second-order valence-corrected chi connectivity index (χ2v) is 6.61. The first-order chi connectivity index (χ1) is 12.2. The highest BCUT2D eigenvalue weighted by Crippen LogP contribution is 2.31. The maximum atomic E-state index is 12.0. The number of benzene rings is 2. The van der Waals surface area contributed by atoms with Gasteiger partial charge in [0.05, 0.1) is 17.5 Å². The molecule has 0 radical (unpaired) electrons. The maximum Gasteiger partial charge on any atom is 0.338 e. The summed E-state index contributed by atoms with van der Waals surface area (Å²) in [4.78, 5) is 12.0. The molecular weight excluding hydrogens is 384 g/mol. The van der Waals surface area contributed by atoms with Gasteiger partial charge in [0.2, 0.25) is 0 Å². The first kappa shape index (κ1) is 18.1. The summed E-state index contributed by atoms with van der Waals surface area (Å²) >= 11 is 3.49. The lowest BCUT2D eigenvalue weighted by Crippen LogP contribution is -2.34. The molecule has 0 saturated carbocycles. The molecule has 25 heavy (non-hydrogen) atoms. The van der Waals surface area contributed by atoms with Gasteiger partial charge in [0.15, 0.2) is 5.79 Å². The molecule has 3 rings (SSSR count). The Balaban J connectivity index is 1.50. The molecule has 5 heteroatoms. The van der Waals surface area contributed by atoms with Crippen LogP contribution in [-0.2, 0) is 20.6 Å². The van der Waals surface area contributed by atoms with Crippen molar-refractivity contribution in [1.82, 2.24) is 0 Å². The molecule has 2 aromatic carbocycles. The Kier molecular flexibility index (Phi) is 6.24. The Morgan fingerprint density at radius 3 is 2.48 bits per heavy atom. The summed E-state index contributed by atoms with van der Waals surface area (Å²) in [6, 6.07) is 19.2. The Bertz CT molecular complexity index is 677. The van der Waals surface area contributed by atoms with Crippen LogP contribution in [-0.4, -0.2) is 36.4 Å². The van der Waals surface area contributed by atoms with Crippen LogP contribution in [0.4, 0.5) is 0 Å². The van der Waals surface area contributed by atoms with Gasteiger partial charge in [-0.05, 0) is 24.1 Å². The van der Waals surface area contributed by atoms with E-state index in [0.29, 0.717) is 17.5 Å². The monoisotopic (exact) mass is 404 g/mol. The number of alkyl halides is 1. The lowest BCUT2D eigenvalue weighted by molar-refractivity contribution is -0.156. The standard InChI is InChI=1S/C20H21BrO4/c21-15-20(12-11-16-7-3-1-4-8-16)24-14-18(25-20)13-23-19(22)17-9-5-2-6-10-17/h1-10,18H,11-15H2. The molecule has 1 saturated heterocycles. The number of rotatable bonds is 7. The molecule has 1 aliphatic heterocycles. The Morgan fingerprint density at radius 1 is 1.12 bits per heavy atom. The Hall–Kier alpha value is -1.69. The summed E-state index contributed by atoms with van der Waals surface area (Å²) in [5.74, 6) is -1.01. The highest BCUT2D eigenvalue weighted by atomic mass is 79.9. The van der Waals surface area contributed by atoms with Gasteiger partial charge in [0.1, 0.15) is 12.7 Å². The first-order valence-corrected chi connectivity index (χ1v) is 9.47. The third-order valence-electron chi connectivity index (χ3n) is 4.16. The zero-order valence-corrected chi connectivity index (χ0v) is 15.5. The minimum atomic E-state index is -0.667. The molecule has 2 aromatic rings. The number of carbonyl (C=O) groups is 1. The van der Waals surface area contributed by atoms with Crippen LogP contribution in [0.3, 0.4) is 0 Å². The predicted octanol–water partition coefficient (Wildman–Crippen LogP) is 3.98. The van der Waals surface area contributed by atoms with Crippen molar-refractivity contribution < 1.29 is 19.0 Å². The van der Waals surface area contributed by atoms with Gasteiger partial charge >= 0.3 is 5.97 Å². The molecule has 2 unspecified atom stereocenters. The number of hydrogen-bond acceptors (Lipinski definition) is 4. The van der Waals surface area contributed by atoms with Crippen LogP contribution in [0.2, 0.25) is 0 Å². The molecule has 132 valence electrons. The fourth-order valence-electron chi connectivity index (χ4n) is 2.77. The van der Waals surface area contributed by atoms with E-state index >= 15 is 0 Å². The van der Waals surface area contributed by atoms with E-state index in [2.05, 4.69) is 28.1 Å². The van der Waals surface area contributed by atoms with E-state index in [1.165, 1.54) is 5.56 Å². The van der Waals surface area contributed by atoms with Crippen molar-refractivity contribution in [3.8, 4) is 0 Å². The van der Waals surface area contributed by atoms with Crippen LogP contribution < -0.4 is 0 Å². The smallest absolute Gasteiger partial charge is 0.338 e. The van der Waals surface area contributed by atoms with Crippen molar-refractivity contribution in [2.45, 2.75) is 24.7 Å². The minimum absolute atomic E-state index is 0.188. The van der Waals surface area contributed by atoms with E-state index < -0.39 is 5.79 Å². The fourth-order valence-corrected chi connectivity index (χ4v) is 3.35. The first-order valence-electron chi connectivity index (χ1n) is 8.35. The predicted molar refractivity (Wildman–Crippen MR) is 98.8 cm³/mol. The van der Waals surface area contributed by atoms with Gasteiger partial charge in [-0.1, -0.05) is 64.5 Å². The zero-order valence-electron chi connectivity index (χ0n) is 13.9. The van der Waals surface area contributed by atoms with Crippen LogP contribution in [0, 0.1) is 0 Å². The summed E-state index contributed by atoms with van der Waals surface area (Å²) in [5, 5.41) is 0.579. The fraction of sp³-hybridized carbons (Fsp3) is 0.350. The molecule has 0 N–H and O–H groups in total. The van der Waals surface area contributed by atoms with Gasteiger partial charge in [-0.25, -0.2) is 4.79 Å². The largest absolute Gasteiger partial charge is 0.459 e. The van der Waals surface area contributed by atoms with Gasteiger partial charge in [0.25, 0.3) is 0 Å². The van der Waals surface area contributed by atoms with Crippen molar-refractivity contribution >= 4 is 21.9 Å². The molecular formula is C20H21BrO4. The van der Waals surface area contributed by atoms with Crippen LogP contribution in [0.5, 0.6) is 0 Å². The average Bonchev–Trinajstić information content (AvgIpc) is 3.10. The summed E-state index contributed by atoms with van der Waals surface area (Å²) in [6.45, 7) is 0.607. The third kappa shape index (κ3) is 4.91. The molecule has 2 atom stereocenters. The summed E-state index contributed by atoms with van der Waals surface area (Å²) < 4.78 is 17.3. The summed E-state index contributed by atoms with van der Waals surface area (Å²) in [7, 11) is 0. The molecule has 0 bridgehead atoms. The normalized spacial score (nSPS) is 22.7. The van der Waals surface area contributed by atoms with Gasteiger partial charge < -0.3 is 14.2 Å². The molecule has 1 aliphatic rings. The molecule has 0 amide bonds. The number of halogens is 1. The molecule has 1 heterocycles. The quantitative estimate of drug-likeness (QED) is 0.516. The summed E-state index contributed by atoms with van der Waals surface area (Å²) in [6.07, 6.45) is 1.36.